The molecule has 8 heteroatoms. The molecule has 3 aromatic heterocycles. The molecule has 0 aliphatic rings. The summed E-state index contributed by atoms with van der Waals surface area (Å²) in [4.78, 5) is 20.6. The summed E-state index contributed by atoms with van der Waals surface area (Å²) in [5.41, 5.74) is 0.701. The predicted octanol–water partition coefficient (Wildman–Crippen LogP) is 2.17. The van der Waals surface area contributed by atoms with Gasteiger partial charge in [0.1, 0.15) is 12.1 Å². The molecular formula is C13H11ClN6O. The second kappa shape index (κ2) is 5.84. The number of pyridine rings is 1. The molecule has 0 atom stereocenters. The molecule has 0 saturated carbocycles. The smallest absolute Gasteiger partial charge is 0.239 e. The Hall–Kier alpha value is -2.54. The van der Waals surface area contributed by atoms with Gasteiger partial charge in [-0.1, -0.05) is 0 Å². The van der Waals surface area contributed by atoms with E-state index in [2.05, 4.69) is 24.9 Å². The van der Waals surface area contributed by atoms with Gasteiger partial charge in [-0.25, -0.2) is 4.98 Å². The van der Waals surface area contributed by atoms with Crippen molar-refractivity contribution in [3.05, 3.63) is 42.5 Å². The second-order valence-corrected chi connectivity index (χ2v) is 4.38. The molecule has 3 heterocycles. The summed E-state index contributed by atoms with van der Waals surface area (Å²) < 4.78 is 7.07. The molecule has 0 amide bonds. The van der Waals surface area contributed by atoms with Crippen molar-refractivity contribution in [1.82, 2.24) is 29.5 Å². The maximum atomic E-state index is 5.97. The lowest BCUT2D eigenvalue weighted by Gasteiger charge is -2.06. The van der Waals surface area contributed by atoms with Gasteiger partial charge in [-0.3, -0.25) is 9.55 Å². The summed E-state index contributed by atoms with van der Waals surface area (Å²) >= 11 is 5.97. The lowest BCUT2D eigenvalue weighted by Crippen LogP contribution is -2.03. The second-order valence-electron chi connectivity index (χ2n) is 4.04. The summed E-state index contributed by atoms with van der Waals surface area (Å²) in [6.45, 7) is 2.47. The van der Waals surface area contributed by atoms with Crippen molar-refractivity contribution in [2.24, 2.45) is 0 Å². The topological polar surface area (TPSA) is 78.6 Å². The van der Waals surface area contributed by atoms with Gasteiger partial charge < -0.3 is 4.74 Å². The van der Waals surface area contributed by atoms with Crippen molar-refractivity contribution in [1.29, 1.82) is 0 Å². The minimum absolute atomic E-state index is 0.102. The molecule has 0 aliphatic heterocycles. The molecule has 0 aliphatic carbocycles. The van der Waals surface area contributed by atoms with E-state index >= 15 is 0 Å². The van der Waals surface area contributed by atoms with Crippen LogP contribution in [0.15, 0.2) is 37.2 Å². The van der Waals surface area contributed by atoms with E-state index in [4.69, 9.17) is 16.3 Å². The molecule has 3 aromatic rings. The van der Waals surface area contributed by atoms with E-state index < -0.39 is 0 Å². The number of hydrogen-bond donors (Lipinski definition) is 0. The lowest BCUT2D eigenvalue weighted by molar-refractivity contribution is 0.339. The fourth-order valence-electron chi connectivity index (χ4n) is 1.75. The molecule has 0 fully saturated rings. The van der Waals surface area contributed by atoms with Crippen LogP contribution in [0.3, 0.4) is 0 Å². The number of rotatable bonds is 4. The number of ether oxygens (including phenoxy) is 1. The van der Waals surface area contributed by atoms with E-state index in [1.54, 1.807) is 41.7 Å². The first-order valence-electron chi connectivity index (χ1n) is 6.24. The van der Waals surface area contributed by atoms with Crippen molar-refractivity contribution in [3.8, 4) is 23.1 Å². The van der Waals surface area contributed by atoms with Crippen molar-refractivity contribution < 1.29 is 4.74 Å². The van der Waals surface area contributed by atoms with E-state index in [1.165, 1.54) is 0 Å². The zero-order chi connectivity index (χ0) is 14.7. The van der Waals surface area contributed by atoms with E-state index in [0.29, 0.717) is 29.7 Å². The first kappa shape index (κ1) is 13.4. The van der Waals surface area contributed by atoms with Gasteiger partial charge >= 0.3 is 0 Å². The van der Waals surface area contributed by atoms with Gasteiger partial charge in [0.15, 0.2) is 5.82 Å². The molecule has 0 saturated heterocycles. The molecule has 106 valence electrons. The minimum atomic E-state index is 0.102. The van der Waals surface area contributed by atoms with Crippen LogP contribution >= 0.6 is 11.6 Å². The van der Waals surface area contributed by atoms with Crippen molar-refractivity contribution >= 4 is 11.6 Å². The van der Waals surface area contributed by atoms with E-state index in [-0.39, 0.29) is 5.28 Å². The highest BCUT2D eigenvalue weighted by molar-refractivity contribution is 6.28. The van der Waals surface area contributed by atoms with Crippen LogP contribution in [-0.4, -0.2) is 36.1 Å². The van der Waals surface area contributed by atoms with Crippen molar-refractivity contribution in [2.45, 2.75) is 6.92 Å². The first-order chi connectivity index (χ1) is 10.3. The monoisotopic (exact) mass is 302 g/mol. The highest BCUT2D eigenvalue weighted by atomic mass is 35.5. The third-order valence-corrected chi connectivity index (χ3v) is 2.78. The molecule has 0 aromatic carbocycles. The summed E-state index contributed by atoms with van der Waals surface area (Å²) in [5, 5.41) is 0.102. The first-order valence-corrected chi connectivity index (χ1v) is 6.62. The quantitative estimate of drug-likeness (QED) is 0.735. The summed E-state index contributed by atoms with van der Waals surface area (Å²) in [7, 11) is 0. The number of halogens is 1. The Balaban J connectivity index is 2.04. The van der Waals surface area contributed by atoms with Gasteiger partial charge in [-0.2, -0.15) is 15.0 Å². The van der Waals surface area contributed by atoms with E-state index in [1.807, 2.05) is 6.92 Å². The van der Waals surface area contributed by atoms with Crippen LogP contribution in [0.4, 0.5) is 0 Å². The lowest BCUT2D eigenvalue weighted by atomic mass is 10.2. The highest BCUT2D eigenvalue weighted by Crippen LogP contribution is 2.21. The normalized spacial score (nSPS) is 10.6. The average Bonchev–Trinajstić information content (AvgIpc) is 3.01. The Bertz CT molecular complexity index is 746. The van der Waals surface area contributed by atoms with Gasteiger partial charge in [-0.05, 0) is 24.6 Å². The SMILES string of the molecule is CCOc1cncc(-c2nc(Cl)nc(-n3ccnc3)n2)c1. The fourth-order valence-corrected chi connectivity index (χ4v) is 1.90. The van der Waals surface area contributed by atoms with E-state index in [0.717, 1.165) is 0 Å². The molecule has 0 spiro atoms. The summed E-state index contributed by atoms with van der Waals surface area (Å²) in [5.74, 6) is 1.47. The molecular weight excluding hydrogens is 292 g/mol. The Morgan fingerprint density at radius 3 is 2.86 bits per heavy atom. The number of aromatic nitrogens is 6. The van der Waals surface area contributed by atoms with Gasteiger partial charge in [0.2, 0.25) is 11.2 Å². The van der Waals surface area contributed by atoms with Crippen LogP contribution in [-0.2, 0) is 0 Å². The predicted molar refractivity (Wildman–Crippen MR) is 76.4 cm³/mol. The third kappa shape index (κ3) is 2.97. The van der Waals surface area contributed by atoms with Crippen LogP contribution in [0.1, 0.15) is 6.92 Å². The van der Waals surface area contributed by atoms with Crippen LogP contribution in [0.5, 0.6) is 5.75 Å². The zero-order valence-electron chi connectivity index (χ0n) is 11.1. The van der Waals surface area contributed by atoms with E-state index in [9.17, 15) is 0 Å². The molecule has 21 heavy (non-hydrogen) atoms. The van der Waals surface area contributed by atoms with Gasteiger partial charge in [0, 0.05) is 24.2 Å². The standard InChI is InChI=1S/C13H11ClN6O/c1-2-21-10-5-9(6-16-7-10)11-17-12(14)19-13(18-11)20-4-3-15-8-20/h3-8H,2H2,1H3. The highest BCUT2D eigenvalue weighted by Gasteiger charge is 2.10. The Labute approximate surface area is 125 Å². The molecule has 0 unspecified atom stereocenters. The van der Waals surface area contributed by atoms with Crippen LogP contribution < -0.4 is 4.74 Å². The Morgan fingerprint density at radius 2 is 2.10 bits per heavy atom. The van der Waals surface area contributed by atoms with Crippen LogP contribution in [0.25, 0.3) is 17.3 Å². The number of hydrogen-bond acceptors (Lipinski definition) is 6. The Morgan fingerprint density at radius 1 is 1.19 bits per heavy atom. The summed E-state index contributed by atoms with van der Waals surface area (Å²) in [6.07, 6.45) is 8.22. The largest absolute Gasteiger partial charge is 0.492 e. The maximum Gasteiger partial charge on any atom is 0.239 e. The van der Waals surface area contributed by atoms with Gasteiger partial charge in [0.25, 0.3) is 0 Å². The minimum Gasteiger partial charge on any atom is -0.492 e. The molecule has 0 N–H and O–H groups in total. The Kier molecular flexibility index (Phi) is 3.74. The van der Waals surface area contributed by atoms with Gasteiger partial charge in [0.05, 0.1) is 12.8 Å². The van der Waals surface area contributed by atoms with Crippen LogP contribution in [0, 0.1) is 0 Å². The molecule has 7 nitrogen and oxygen atoms in total. The fraction of sp³-hybridized carbons (Fsp3) is 0.154. The third-order valence-electron chi connectivity index (χ3n) is 2.61. The molecule has 0 radical (unpaired) electrons. The average molecular weight is 303 g/mol. The number of nitrogens with zero attached hydrogens (tertiary/aromatic N) is 6. The zero-order valence-corrected chi connectivity index (χ0v) is 11.9. The molecule has 3 rings (SSSR count). The number of imidazole rings is 1. The van der Waals surface area contributed by atoms with Gasteiger partial charge in [-0.15, -0.1) is 0 Å². The van der Waals surface area contributed by atoms with Crippen molar-refractivity contribution in [2.75, 3.05) is 6.61 Å². The van der Waals surface area contributed by atoms with Crippen molar-refractivity contribution in [3.63, 3.8) is 0 Å². The summed E-state index contributed by atoms with van der Waals surface area (Å²) in [6, 6.07) is 1.81. The van der Waals surface area contributed by atoms with Crippen LogP contribution in [0.2, 0.25) is 5.28 Å². The maximum absolute atomic E-state index is 5.97. The molecule has 0 bridgehead atoms.